The molecule has 0 aliphatic rings. The van der Waals surface area contributed by atoms with Crippen molar-refractivity contribution in [3.05, 3.63) is 66.7 Å². The molecule has 0 atom stereocenters. The fourth-order valence-corrected chi connectivity index (χ4v) is 2.25. The molecule has 20 heavy (non-hydrogen) atoms. The first kappa shape index (κ1) is 12.3. The zero-order valence-electron chi connectivity index (χ0n) is 10.7. The van der Waals surface area contributed by atoms with E-state index in [-0.39, 0.29) is 5.91 Å². The third kappa shape index (κ3) is 2.00. The normalized spacial score (nSPS) is 10.4. The van der Waals surface area contributed by atoms with Gasteiger partial charge in [0.1, 0.15) is 5.69 Å². The van der Waals surface area contributed by atoms with Gasteiger partial charge in [-0.1, -0.05) is 30.3 Å². The summed E-state index contributed by atoms with van der Waals surface area (Å²) in [4.78, 5) is 14.9. The lowest BCUT2D eigenvalue weighted by Gasteiger charge is -2.08. The van der Waals surface area contributed by atoms with Crippen molar-refractivity contribution >= 4 is 5.91 Å². The zero-order chi connectivity index (χ0) is 13.9. The lowest BCUT2D eigenvalue weighted by Crippen LogP contribution is -2.31. The van der Waals surface area contributed by atoms with Crippen LogP contribution in [-0.2, 0) is 0 Å². The lowest BCUT2D eigenvalue weighted by molar-refractivity contribution is 0.0949. The summed E-state index contributed by atoms with van der Waals surface area (Å²) < 4.78 is 1.89. The first-order valence-corrected chi connectivity index (χ1v) is 6.22. The number of aromatic amines is 1. The molecule has 0 bridgehead atoms. The third-order valence-corrected chi connectivity index (χ3v) is 3.16. The smallest absolute Gasteiger partial charge is 0.283 e. The van der Waals surface area contributed by atoms with E-state index >= 15 is 0 Å². The molecular weight excluding hydrogens is 252 g/mol. The summed E-state index contributed by atoms with van der Waals surface area (Å²) >= 11 is 0. The molecule has 2 heterocycles. The van der Waals surface area contributed by atoms with Gasteiger partial charge in [-0.05, 0) is 17.7 Å². The topological polar surface area (TPSA) is 75.8 Å². The predicted octanol–water partition coefficient (Wildman–Crippen LogP) is 2.08. The van der Waals surface area contributed by atoms with Crippen LogP contribution in [0.15, 0.2) is 61.1 Å². The van der Waals surface area contributed by atoms with Crippen molar-refractivity contribution in [3.8, 4) is 16.8 Å². The highest BCUT2D eigenvalue weighted by atomic mass is 16.2. The summed E-state index contributed by atoms with van der Waals surface area (Å²) in [6.45, 7) is 0. The van der Waals surface area contributed by atoms with E-state index in [9.17, 15) is 4.79 Å². The second-order valence-electron chi connectivity index (χ2n) is 4.36. The van der Waals surface area contributed by atoms with Crippen LogP contribution < -0.4 is 11.3 Å². The van der Waals surface area contributed by atoms with Gasteiger partial charge in [-0.15, -0.1) is 0 Å². The van der Waals surface area contributed by atoms with E-state index in [4.69, 9.17) is 5.84 Å². The molecule has 0 saturated heterocycles. The number of nitrogens with zero attached hydrogens (tertiary/aromatic N) is 1. The number of H-pyrrole nitrogens is 1. The molecule has 4 N–H and O–H groups in total. The van der Waals surface area contributed by atoms with Gasteiger partial charge in [-0.3, -0.25) is 10.2 Å². The van der Waals surface area contributed by atoms with Gasteiger partial charge < -0.3 is 9.55 Å². The van der Waals surface area contributed by atoms with E-state index in [1.807, 2.05) is 65.6 Å². The number of carbonyl (C=O) groups is 1. The summed E-state index contributed by atoms with van der Waals surface area (Å²) in [6.07, 6.45) is 5.60. The Morgan fingerprint density at radius 3 is 2.45 bits per heavy atom. The second kappa shape index (κ2) is 5.07. The molecule has 1 aromatic carbocycles. The number of hydrogen-bond acceptors (Lipinski definition) is 2. The molecule has 0 radical (unpaired) electrons. The van der Waals surface area contributed by atoms with Crippen molar-refractivity contribution in [2.24, 2.45) is 5.84 Å². The molecule has 0 fully saturated rings. The number of benzene rings is 1. The van der Waals surface area contributed by atoms with E-state index in [0.717, 1.165) is 16.8 Å². The van der Waals surface area contributed by atoms with Crippen LogP contribution in [0.3, 0.4) is 0 Å². The Balaban J connectivity index is 2.22. The molecule has 0 spiro atoms. The van der Waals surface area contributed by atoms with Crippen molar-refractivity contribution in [3.63, 3.8) is 0 Å². The molecule has 0 saturated carbocycles. The number of aromatic nitrogens is 2. The molecule has 5 nitrogen and oxygen atoms in total. The monoisotopic (exact) mass is 266 g/mol. The number of rotatable bonds is 3. The number of carbonyl (C=O) groups excluding carboxylic acids is 1. The minimum atomic E-state index is -0.351. The Kier molecular flexibility index (Phi) is 3.10. The zero-order valence-corrected chi connectivity index (χ0v) is 10.7. The Labute approximate surface area is 116 Å². The van der Waals surface area contributed by atoms with Crippen molar-refractivity contribution < 1.29 is 4.79 Å². The standard InChI is InChI=1S/C15H14N4O/c16-18-15(20)13-14(19-8-4-5-9-19)12(10-17-13)11-6-2-1-3-7-11/h1-10,17H,16H2,(H,18,20). The molecule has 100 valence electrons. The van der Waals surface area contributed by atoms with E-state index in [1.54, 1.807) is 0 Å². The van der Waals surface area contributed by atoms with E-state index < -0.39 is 0 Å². The Bertz CT molecular complexity index is 714. The summed E-state index contributed by atoms with van der Waals surface area (Å²) in [6, 6.07) is 13.7. The van der Waals surface area contributed by atoms with Crippen LogP contribution in [0, 0.1) is 0 Å². The maximum absolute atomic E-state index is 11.9. The molecule has 0 aliphatic carbocycles. The van der Waals surface area contributed by atoms with E-state index in [0.29, 0.717) is 5.69 Å². The number of amides is 1. The summed E-state index contributed by atoms with van der Waals surface area (Å²) in [7, 11) is 0. The van der Waals surface area contributed by atoms with Crippen molar-refractivity contribution in [1.82, 2.24) is 15.0 Å². The highest BCUT2D eigenvalue weighted by Gasteiger charge is 2.18. The van der Waals surface area contributed by atoms with Gasteiger partial charge in [0.25, 0.3) is 5.91 Å². The third-order valence-electron chi connectivity index (χ3n) is 3.16. The number of nitrogens with one attached hydrogen (secondary N) is 2. The quantitative estimate of drug-likeness (QED) is 0.385. The van der Waals surface area contributed by atoms with Gasteiger partial charge in [-0.2, -0.15) is 0 Å². The molecule has 2 aromatic heterocycles. The predicted molar refractivity (Wildman–Crippen MR) is 77.2 cm³/mol. The van der Waals surface area contributed by atoms with Crippen molar-refractivity contribution in [2.45, 2.75) is 0 Å². The number of hydrogen-bond donors (Lipinski definition) is 3. The van der Waals surface area contributed by atoms with Crippen LogP contribution in [-0.4, -0.2) is 15.5 Å². The minimum absolute atomic E-state index is 0.351. The van der Waals surface area contributed by atoms with E-state index in [2.05, 4.69) is 10.4 Å². The van der Waals surface area contributed by atoms with Gasteiger partial charge in [-0.25, -0.2) is 5.84 Å². The highest BCUT2D eigenvalue weighted by Crippen LogP contribution is 2.29. The maximum atomic E-state index is 11.9. The Hall–Kier alpha value is -2.79. The van der Waals surface area contributed by atoms with Gasteiger partial charge in [0.2, 0.25) is 0 Å². The molecule has 5 heteroatoms. The first-order valence-electron chi connectivity index (χ1n) is 6.22. The molecule has 3 aromatic rings. The highest BCUT2D eigenvalue weighted by molar-refractivity contribution is 5.99. The molecule has 0 aliphatic heterocycles. The van der Waals surface area contributed by atoms with Gasteiger partial charge in [0.05, 0.1) is 5.69 Å². The van der Waals surface area contributed by atoms with Gasteiger partial charge in [0, 0.05) is 24.2 Å². The fourth-order valence-electron chi connectivity index (χ4n) is 2.25. The first-order chi connectivity index (χ1) is 9.81. The van der Waals surface area contributed by atoms with Crippen molar-refractivity contribution in [2.75, 3.05) is 0 Å². The lowest BCUT2D eigenvalue weighted by atomic mass is 10.1. The molecule has 3 rings (SSSR count). The molecular formula is C15H14N4O. The fraction of sp³-hybridized carbons (Fsp3) is 0. The van der Waals surface area contributed by atoms with Crippen LogP contribution >= 0.6 is 0 Å². The molecule has 0 unspecified atom stereocenters. The SMILES string of the molecule is NNC(=O)c1[nH]cc(-c2ccccc2)c1-n1cccc1. The van der Waals surface area contributed by atoms with E-state index in [1.165, 1.54) is 0 Å². The van der Waals surface area contributed by atoms with Crippen molar-refractivity contribution in [1.29, 1.82) is 0 Å². The van der Waals surface area contributed by atoms with Crippen LogP contribution in [0.4, 0.5) is 0 Å². The Morgan fingerprint density at radius 1 is 1.10 bits per heavy atom. The number of hydrazine groups is 1. The van der Waals surface area contributed by atoms with Crippen LogP contribution in [0.2, 0.25) is 0 Å². The summed E-state index contributed by atoms with van der Waals surface area (Å²) in [5, 5.41) is 0. The average Bonchev–Trinajstić information content (AvgIpc) is 3.15. The van der Waals surface area contributed by atoms with Gasteiger partial charge in [0.15, 0.2) is 0 Å². The van der Waals surface area contributed by atoms with Crippen LogP contribution in [0.25, 0.3) is 16.8 Å². The summed E-state index contributed by atoms with van der Waals surface area (Å²) in [5.41, 5.74) is 5.36. The Morgan fingerprint density at radius 2 is 1.80 bits per heavy atom. The maximum Gasteiger partial charge on any atom is 0.283 e. The van der Waals surface area contributed by atoms with Crippen LogP contribution in [0.5, 0.6) is 0 Å². The van der Waals surface area contributed by atoms with Crippen LogP contribution in [0.1, 0.15) is 10.5 Å². The summed E-state index contributed by atoms with van der Waals surface area (Å²) in [5.74, 6) is 4.89. The largest absolute Gasteiger partial charge is 0.355 e. The molecule has 1 amide bonds. The average molecular weight is 266 g/mol. The number of nitrogen functional groups attached to an aromatic ring is 1. The number of nitrogens with two attached hydrogens (primary N) is 1. The second-order valence-corrected chi connectivity index (χ2v) is 4.36. The van der Waals surface area contributed by atoms with Gasteiger partial charge >= 0.3 is 0 Å². The minimum Gasteiger partial charge on any atom is -0.355 e.